The van der Waals surface area contributed by atoms with Gasteiger partial charge in [0, 0.05) is 24.2 Å². The van der Waals surface area contributed by atoms with Crippen LogP contribution in [0.3, 0.4) is 0 Å². The number of ether oxygens (including phenoxy) is 6. The summed E-state index contributed by atoms with van der Waals surface area (Å²) in [4.78, 5) is 0. The molecule has 22 atom stereocenters. The van der Waals surface area contributed by atoms with E-state index < -0.39 is 84.8 Å². The zero-order chi connectivity index (χ0) is 36.4. The Labute approximate surface area is 301 Å². The first-order valence-corrected chi connectivity index (χ1v) is 19.8. The molecular weight excluding hydrogens is 660 g/mol. The molecule has 6 N–H and O–H groups in total. The summed E-state index contributed by atoms with van der Waals surface area (Å²) in [5.74, 6) is 2.06. The second kappa shape index (κ2) is 13.2. The van der Waals surface area contributed by atoms with Gasteiger partial charge in [0.15, 0.2) is 18.4 Å². The van der Waals surface area contributed by atoms with Gasteiger partial charge in [0.05, 0.1) is 37.1 Å². The third-order valence-electron chi connectivity index (χ3n) is 15.6. The van der Waals surface area contributed by atoms with Gasteiger partial charge < -0.3 is 59.1 Å². The van der Waals surface area contributed by atoms with E-state index in [9.17, 15) is 30.6 Å². The van der Waals surface area contributed by atoms with E-state index in [0.29, 0.717) is 48.3 Å². The Morgan fingerprint density at radius 3 is 2.18 bits per heavy atom. The fraction of sp³-hybridized carbons (Fsp3) is 0.949. The summed E-state index contributed by atoms with van der Waals surface area (Å²) in [7, 11) is 0. The first-order chi connectivity index (χ1) is 24.1. The van der Waals surface area contributed by atoms with Crippen LogP contribution in [0.25, 0.3) is 0 Å². The average Bonchev–Trinajstić information content (AvgIpc) is 3.54. The summed E-state index contributed by atoms with van der Waals surface area (Å²) in [5, 5.41) is 64.8. The second-order valence-electron chi connectivity index (χ2n) is 18.3. The van der Waals surface area contributed by atoms with Crippen molar-refractivity contribution in [2.75, 3.05) is 6.61 Å². The van der Waals surface area contributed by atoms with Crippen LogP contribution in [-0.2, 0) is 28.4 Å². The molecular formula is C39H62O12. The molecule has 0 aromatic heterocycles. The number of allylic oxidation sites excluding steroid dienone is 1. The number of rotatable bonds is 4. The molecule has 0 aromatic rings. The number of aliphatic hydroxyl groups is 6. The topological polar surface area (TPSA) is 177 Å². The van der Waals surface area contributed by atoms with Gasteiger partial charge in [-0.1, -0.05) is 39.3 Å². The van der Waals surface area contributed by atoms with Crippen molar-refractivity contribution in [3.63, 3.8) is 0 Å². The molecule has 51 heavy (non-hydrogen) atoms. The van der Waals surface area contributed by atoms with E-state index in [1.54, 1.807) is 13.8 Å². The quantitative estimate of drug-likeness (QED) is 0.234. The third kappa shape index (κ3) is 5.67. The number of aliphatic hydroxyl groups excluding tert-OH is 6. The van der Waals surface area contributed by atoms with Gasteiger partial charge in [-0.15, -0.1) is 0 Å². The van der Waals surface area contributed by atoms with Crippen molar-refractivity contribution >= 4 is 0 Å². The average molecular weight is 723 g/mol. The molecule has 4 aliphatic carbocycles. The minimum absolute atomic E-state index is 0.130. The molecule has 3 saturated carbocycles. The Kier molecular flexibility index (Phi) is 9.62. The zero-order valence-electron chi connectivity index (χ0n) is 31.0. The highest BCUT2D eigenvalue weighted by Gasteiger charge is 2.69. The van der Waals surface area contributed by atoms with Crippen LogP contribution in [0.15, 0.2) is 11.6 Å². The zero-order valence-corrected chi connectivity index (χ0v) is 31.0. The lowest BCUT2D eigenvalue weighted by Crippen LogP contribution is -2.64. The van der Waals surface area contributed by atoms with Gasteiger partial charge in [-0.2, -0.15) is 0 Å². The summed E-state index contributed by atoms with van der Waals surface area (Å²) in [6, 6.07) is 0. The van der Waals surface area contributed by atoms with Crippen molar-refractivity contribution < 1.29 is 59.1 Å². The smallest absolute Gasteiger partial charge is 0.187 e. The molecule has 4 heterocycles. The largest absolute Gasteiger partial charge is 0.393 e. The van der Waals surface area contributed by atoms with E-state index in [1.807, 2.05) is 0 Å². The van der Waals surface area contributed by atoms with Crippen LogP contribution in [-0.4, -0.2) is 123 Å². The fourth-order valence-corrected chi connectivity index (χ4v) is 12.6. The predicted molar refractivity (Wildman–Crippen MR) is 182 cm³/mol. The van der Waals surface area contributed by atoms with Crippen molar-refractivity contribution in [3.05, 3.63) is 11.6 Å². The Bertz CT molecular complexity index is 1320. The highest BCUT2D eigenvalue weighted by atomic mass is 16.8. The summed E-state index contributed by atoms with van der Waals surface area (Å²) in [6.07, 6.45) is -4.22. The molecule has 8 rings (SSSR count). The van der Waals surface area contributed by atoms with Gasteiger partial charge in [-0.05, 0) is 87.4 Å². The van der Waals surface area contributed by atoms with Gasteiger partial charge in [-0.25, -0.2) is 0 Å². The van der Waals surface area contributed by atoms with E-state index in [1.165, 1.54) is 5.57 Å². The standard InChI is InChI=1S/C39H62O12/c1-17-9-12-39(46-16-17)18(2)28-26(51-39)15-25-23-8-7-21-13-22(40)14-27(38(21,6)24(23)10-11-37(25,28)5)49-36-34(32(44)30(42)20(4)48-36)50-35-33(45)31(43)29(41)19(3)47-35/h7,17-20,22-36,40-45H,8-16H2,1-6H3/t17-,18+,19+,20-,22-,23-,24+,25-,26-,27-,28-,29+,30+,31-,32+,33-,34-,35+,36+,37-,38-,39-/m1/s1. The summed E-state index contributed by atoms with van der Waals surface area (Å²) >= 11 is 0. The van der Waals surface area contributed by atoms with Gasteiger partial charge in [-0.3, -0.25) is 0 Å². The van der Waals surface area contributed by atoms with Crippen molar-refractivity contribution in [2.24, 2.45) is 46.3 Å². The molecule has 0 bridgehead atoms. The SMILES string of the molecule is C[C@@H]1CC[C@@]2(OC1)O[C@@H]1C[C@@H]3[C@@H]4CC=C5C[C@@H](O)C[C@@H](O[C@@H]6O[C@H](C)[C@H](O)[C@H](O)[C@H]6O[C@@H]6O[C@@H](C)[C@H](O)[C@@H](O)[C@H]6O)[C@@]5(C)[C@H]4CC[C@@]3(C)[C@@H]1[C@@H]2C. The van der Waals surface area contributed by atoms with Crippen LogP contribution in [0, 0.1) is 46.3 Å². The first kappa shape index (κ1) is 37.2. The maximum absolute atomic E-state index is 11.3. The van der Waals surface area contributed by atoms with Crippen molar-refractivity contribution in [3.8, 4) is 0 Å². The maximum Gasteiger partial charge on any atom is 0.187 e. The molecule has 0 aromatic carbocycles. The molecule has 7 fully saturated rings. The number of hydrogen-bond donors (Lipinski definition) is 6. The lowest BCUT2D eigenvalue weighted by molar-refractivity contribution is -0.371. The van der Waals surface area contributed by atoms with Gasteiger partial charge in [0.1, 0.15) is 36.6 Å². The molecule has 1 spiro atoms. The van der Waals surface area contributed by atoms with Gasteiger partial charge in [0.2, 0.25) is 0 Å². The van der Waals surface area contributed by atoms with Crippen LogP contribution in [0.2, 0.25) is 0 Å². The molecule has 4 aliphatic heterocycles. The predicted octanol–water partition coefficient (Wildman–Crippen LogP) is 2.39. The monoisotopic (exact) mass is 722 g/mol. The van der Waals surface area contributed by atoms with Gasteiger partial charge in [0.25, 0.3) is 0 Å². The van der Waals surface area contributed by atoms with Crippen LogP contribution in [0.4, 0.5) is 0 Å². The van der Waals surface area contributed by atoms with Crippen molar-refractivity contribution in [1.29, 1.82) is 0 Å². The second-order valence-corrected chi connectivity index (χ2v) is 18.3. The van der Waals surface area contributed by atoms with Crippen molar-refractivity contribution in [1.82, 2.24) is 0 Å². The van der Waals surface area contributed by atoms with E-state index >= 15 is 0 Å². The normalized spacial score (nSPS) is 59.8. The Balaban J connectivity index is 1.05. The molecule has 12 nitrogen and oxygen atoms in total. The molecule has 0 unspecified atom stereocenters. The van der Waals surface area contributed by atoms with E-state index in [-0.39, 0.29) is 11.5 Å². The van der Waals surface area contributed by atoms with Gasteiger partial charge >= 0.3 is 0 Å². The lowest BCUT2D eigenvalue weighted by atomic mass is 9.46. The Hall–Kier alpha value is -0.740. The molecule has 4 saturated heterocycles. The van der Waals surface area contributed by atoms with Crippen LogP contribution in [0.5, 0.6) is 0 Å². The molecule has 290 valence electrons. The van der Waals surface area contributed by atoms with Crippen molar-refractivity contribution in [2.45, 2.75) is 178 Å². The molecule has 0 amide bonds. The minimum Gasteiger partial charge on any atom is -0.393 e. The minimum atomic E-state index is -1.61. The Morgan fingerprint density at radius 1 is 0.765 bits per heavy atom. The third-order valence-corrected chi connectivity index (χ3v) is 15.6. The maximum atomic E-state index is 11.3. The summed E-state index contributed by atoms with van der Waals surface area (Å²) in [6.45, 7) is 13.4. The van der Waals surface area contributed by atoms with E-state index in [0.717, 1.165) is 45.1 Å². The fourth-order valence-electron chi connectivity index (χ4n) is 12.6. The van der Waals surface area contributed by atoms with E-state index in [4.69, 9.17) is 28.4 Å². The highest BCUT2D eigenvalue weighted by molar-refractivity contribution is 5.29. The number of fused-ring (bicyclic) bond motifs is 7. The number of hydrogen-bond acceptors (Lipinski definition) is 12. The van der Waals surface area contributed by atoms with Crippen LogP contribution in [0.1, 0.15) is 92.9 Å². The summed E-state index contributed by atoms with van der Waals surface area (Å²) < 4.78 is 38.4. The summed E-state index contributed by atoms with van der Waals surface area (Å²) in [5.41, 5.74) is 0.900. The van der Waals surface area contributed by atoms with E-state index in [2.05, 4.69) is 33.8 Å². The molecule has 12 heteroatoms. The Morgan fingerprint density at radius 2 is 1.47 bits per heavy atom. The molecule has 8 aliphatic rings. The highest BCUT2D eigenvalue weighted by Crippen LogP contribution is 2.71. The van der Waals surface area contributed by atoms with Crippen LogP contribution < -0.4 is 0 Å². The molecule has 0 radical (unpaired) electrons. The first-order valence-electron chi connectivity index (χ1n) is 19.8. The lowest BCUT2D eigenvalue weighted by Gasteiger charge is -2.60. The van der Waals surface area contributed by atoms with Crippen LogP contribution >= 0.6 is 0 Å².